The maximum Gasteiger partial charge on any atom is 0.369 e. The van der Waals surface area contributed by atoms with E-state index >= 15 is 0 Å². The smallest absolute Gasteiger partial charge is 0.369 e. The second-order valence-corrected chi connectivity index (χ2v) is 13.7. The van der Waals surface area contributed by atoms with E-state index < -0.39 is 60.0 Å². The Kier molecular flexibility index (Phi) is 10.8. The summed E-state index contributed by atoms with van der Waals surface area (Å²) < 4.78 is 45.8. The molecule has 5 atom stereocenters. The Bertz CT molecular complexity index is 2160. The number of nitrogens with zero attached hydrogens (tertiary/aromatic N) is 6. The molecule has 2 fully saturated rings. The molecule has 280 valence electrons. The lowest BCUT2D eigenvalue weighted by atomic mass is 9.93. The fourth-order valence-electron chi connectivity index (χ4n) is 6.30. The van der Waals surface area contributed by atoms with Crippen molar-refractivity contribution in [2.75, 3.05) is 19.8 Å². The third-order valence-electron chi connectivity index (χ3n) is 8.81. The number of carbonyl (C=O) groups excluding carboxylic acids is 3. The van der Waals surface area contributed by atoms with Crippen molar-refractivity contribution in [3.63, 3.8) is 0 Å². The Hall–Kier alpha value is -5.49. The van der Waals surface area contributed by atoms with Gasteiger partial charge in [0, 0.05) is 17.5 Å². The van der Waals surface area contributed by atoms with Gasteiger partial charge in [-0.25, -0.2) is 23.6 Å². The van der Waals surface area contributed by atoms with Gasteiger partial charge in [0.25, 0.3) is 5.91 Å². The molecule has 1 unspecified atom stereocenters. The second kappa shape index (κ2) is 15.9. The molecule has 15 nitrogen and oxygen atoms in total. The van der Waals surface area contributed by atoms with E-state index in [1.807, 2.05) is 37.3 Å². The molecule has 5 aromatic rings. The summed E-state index contributed by atoms with van der Waals surface area (Å²) in [6.07, 6.45) is -1.97. The Balaban J connectivity index is 1.21. The van der Waals surface area contributed by atoms with Crippen LogP contribution in [0.3, 0.4) is 0 Å². The molecule has 0 aliphatic carbocycles. The van der Waals surface area contributed by atoms with Gasteiger partial charge in [0.1, 0.15) is 29.8 Å². The number of nitrogens with one attached hydrogen (secondary N) is 1. The molecule has 3 aromatic carbocycles. The monoisotopic (exact) mass is 757 g/mol. The Labute approximate surface area is 312 Å². The Morgan fingerprint density at radius 3 is 2.54 bits per heavy atom. The number of azo groups is 1. The lowest BCUT2D eigenvalue weighted by molar-refractivity contribution is -0.297. The van der Waals surface area contributed by atoms with Gasteiger partial charge in [-0.1, -0.05) is 47.7 Å². The van der Waals surface area contributed by atoms with Gasteiger partial charge in [0.15, 0.2) is 6.29 Å². The van der Waals surface area contributed by atoms with Crippen LogP contribution in [0.4, 0.5) is 10.1 Å². The van der Waals surface area contributed by atoms with Crippen LogP contribution in [0.25, 0.3) is 21.5 Å². The zero-order valence-electron chi connectivity index (χ0n) is 29.5. The van der Waals surface area contributed by atoms with Crippen molar-refractivity contribution in [3.05, 3.63) is 95.4 Å². The Morgan fingerprint density at radius 1 is 1.02 bits per heavy atom. The van der Waals surface area contributed by atoms with Crippen LogP contribution in [-0.2, 0) is 38.1 Å². The second-order valence-electron chi connectivity index (χ2n) is 12.5. The number of hydrogen-bond acceptors (Lipinski definition) is 14. The molecule has 2 aromatic heterocycles. The van der Waals surface area contributed by atoms with Crippen LogP contribution in [0.2, 0.25) is 0 Å². The van der Waals surface area contributed by atoms with Crippen molar-refractivity contribution in [3.8, 4) is 11.3 Å². The van der Waals surface area contributed by atoms with Gasteiger partial charge in [-0.2, -0.15) is 5.11 Å². The van der Waals surface area contributed by atoms with Crippen LogP contribution in [0.15, 0.2) is 89.2 Å². The van der Waals surface area contributed by atoms with E-state index in [0.717, 1.165) is 20.8 Å². The summed E-state index contributed by atoms with van der Waals surface area (Å²) >= 11 is 1.43. The number of esters is 2. The molecule has 7 rings (SSSR count). The highest BCUT2D eigenvalue weighted by Gasteiger charge is 2.55. The maximum atomic E-state index is 14.3. The van der Waals surface area contributed by atoms with Crippen molar-refractivity contribution in [1.82, 2.24) is 25.3 Å². The molecular weight excluding hydrogens is 722 g/mol. The third kappa shape index (κ3) is 7.61. The summed E-state index contributed by atoms with van der Waals surface area (Å²) in [5.41, 5.74) is -0.0287. The fraction of sp³-hybridized carbons (Fsp3) is 0.351. The van der Waals surface area contributed by atoms with Crippen LogP contribution in [-0.4, -0.2) is 81.6 Å². The zero-order valence-corrected chi connectivity index (χ0v) is 30.3. The van der Waals surface area contributed by atoms with Crippen molar-refractivity contribution in [2.24, 2.45) is 10.2 Å². The van der Waals surface area contributed by atoms with Gasteiger partial charge in [-0.3, -0.25) is 4.79 Å². The van der Waals surface area contributed by atoms with Crippen LogP contribution in [0.5, 0.6) is 0 Å². The highest BCUT2D eigenvalue weighted by atomic mass is 32.1. The normalized spacial score (nSPS) is 21.4. The molecule has 2 aliphatic heterocycles. The van der Waals surface area contributed by atoms with Crippen molar-refractivity contribution >= 4 is 45.1 Å². The topological polar surface area (TPSA) is 178 Å². The molecule has 0 saturated carbocycles. The molecular formula is C37H36FN7O8S. The number of aromatic nitrogens is 4. The number of halogens is 1. The predicted molar refractivity (Wildman–Crippen MR) is 191 cm³/mol. The lowest BCUT2D eigenvalue weighted by Crippen LogP contribution is -2.64. The van der Waals surface area contributed by atoms with Crippen LogP contribution < -0.4 is 5.32 Å². The average molecular weight is 758 g/mol. The predicted octanol–water partition coefficient (Wildman–Crippen LogP) is 5.54. The number of fused-ring (bicyclic) bond motifs is 2. The number of hydrogen-bond donors (Lipinski definition) is 1. The maximum absolute atomic E-state index is 14.3. The number of rotatable bonds is 11. The van der Waals surface area contributed by atoms with Crippen LogP contribution >= 0.6 is 11.3 Å². The molecule has 2 saturated heterocycles. The van der Waals surface area contributed by atoms with Crippen LogP contribution in [0, 0.1) is 12.7 Å². The minimum atomic E-state index is -2.73. The van der Waals surface area contributed by atoms with Crippen molar-refractivity contribution in [1.29, 1.82) is 0 Å². The standard InChI is InChI=1S/C37H36FN7O8S/c1-4-49-35(47)37(36(48)50-5-2,43-41-25-14-15-26-31(17-25)54-21(3)39-26)40-33(46)29-18-28(45-19-27(42-44-45)23-12-9-13-24(38)16-23)32-30(52-29)20-51-34(53-32)22-10-7-6-8-11-22/h6-17,19,28-30,32,34H,4-5,18,20H2,1-3H3,(H,40,46)/t28-,29-,30-,32-,34?/m1/s1. The molecule has 4 heterocycles. The minimum Gasteiger partial charge on any atom is -0.462 e. The summed E-state index contributed by atoms with van der Waals surface area (Å²) in [7, 11) is 0. The molecule has 2 aliphatic rings. The van der Waals surface area contributed by atoms with Gasteiger partial charge in [0.05, 0.1) is 53.0 Å². The molecule has 0 spiro atoms. The molecule has 0 radical (unpaired) electrons. The lowest BCUT2D eigenvalue weighted by Gasteiger charge is -2.45. The van der Waals surface area contributed by atoms with E-state index in [1.54, 1.807) is 50.4 Å². The van der Waals surface area contributed by atoms with Gasteiger partial charge < -0.3 is 29.0 Å². The van der Waals surface area contributed by atoms with E-state index in [0.29, 0.717) is 16.9 Å². The third-order valence-corrected chi connectivity index (χ3v) is 9.74. The van der Waals surface area contributed by atoms with Gasteiger partial charge >= 0.3 is 17.6 Å². The van der Waals surface area contributed by atoms with E-state index in [2.05, 4.69) is 30.8 Å². The molecule has 0 bridgehead atoms. The van der Waals surface area contributed by atoms with Crippen molar-refractivity contribution < 1.29 is 42.5 Å². The van der Waals surface area contributed by atoms with Crippen molar-refractivity contribution in [2.45, 2.75) is 63.5 Å². The summed E-state index contributed by atoms with van der Waals surface area (Å²) in [5, 5.41) is 20.3. The molecule has 54 heavy (non-hydrogen) atoms. The number of amides is 1. The first-order chi connectivity index (χ1) is 26.2. The summed E-state index contributed by atoms with van der Waals surface area (Å²) in [6.45, 7) is 4.71. The van der Waals surface area contributed by atoms with E-state index in [-0.39, 0.29) is 26.2 Å². The SMILES string of the molecule is CCOC(=O)C(N=Nc1ccc2nc(C)sc2c1)(NC(=O)[C@H]1C[C@@H](n2cc(-c3cccc(F)c3)nn2)[C@H]2OC(c3ccccc3)OC[C@H]2O1)C(=O)OCC. The van der Waals surface area contributed by atoms with Gasteiger partial charge in [0.2, 0.25) is 0 Å². The zero-order chi connectivity index (χ0) is 37.8. The summed E-state index contributed by atoms with van der Waals surface area (Å²) in [4.78, 5) is 46.0. The number of carbonyl (C=O) groups is 3. The van der Waals surface area contributed by atoms with E-state index in [4.69, 9.17) is 23.7 Å². The molecule has 17 heteroatoms. The summed E-state index contributed by atoms with van der Waals surface area (Å²) in [5.74, 6) is -3.73. The highest BCUT2D eigenvalue weighted by Crippen LogP contribution is 2.39. The van der Waals surface area contributed by atoms with E-state index in [9.17, 15) is 18.8 Å². The minimum absolute atomic E-state index is 0.0239. The first kappa shape index (κ1) is 36.9. The van der Waals surface area contributed by atoms with Gasteiger partial charge in [-0.15, -0.1) is 21.5 Å². The first-order valence-corrected chi connectivity index (χ1v) is 18.1. The fourth-order valence-corrected chi connectivity index (χ4v) is 7.16. The van der Waals surface area contributed by atoms with E-state index in [1.165, 1.54) is 28.2 Å². The largest absolute Gasteiger partial charge is 0.462 e. The number of benzene rings is 3. The molecule has 1 N–H and O–H groups in total. The quantitative estimate of drug-likeness (QED) is 0.102. The van der Waals surface area contributed by atoms with Gasteiger partial charge in [-0.05, 0) is 51.1 Å². The number of aryl methyl sites for hydroxylation is 1. The highest BCUT2D eigenvalue weighted by molar-refractivity contribution is 7.18. The first-order valence-electron chi connectivity index (χ1n) is 17.3. The molecule has 1 amide bonds. The Morgan fingerprint density at radius 2 is 1.80 bits per heavy atom. The average Bonchev–Trinajstić information content (AvgIpc) is 3.82. The summed E-state index contributed by atoms with van der Waals surface area (Å²) in [6, 6.07) is 19.6. The number of thiazole rings is 1. The number of ether oxygens (including phenoxy) is 5. The van der Waals surface area contributed by atoms with Crippen LogP contribution in [0.1, 0.15) is 43.2 Å².